The molecule has 1 amide bonds. The molecule has 1 aromatic heterocycles. The van der Waals surface area contributed by atoms with Crippen molar-refractivity contribution in [1.82, 2.24) is 9.97 Å². The van der Waals surface area contributed by atoms with Gasteiger partial charge in [-0.15, -0.1) is 0 Å². The first-order valence-electron chi connectivity index (χ1n) is 7.30. The molecule has 1 aromatic carbocycles. The molecule has 114 valence electrons. The van der Waals surface area contributed by atoms with Gasteiger partial charge in [0.15, 0.2) is 0 Å². The Labute approximate surface area is 134 Å². The van der Waals surface area contributed by atoms with E-state index in [1.54, 1.807) is 30.7 Å². The molecule has 1 saturated heterocycles. The predicted octanol–water partition coefficient (Wildman–Crippen LogP) is 2.99. The molecule has 6 heteroatoms. The van der Waals surface area contributed by atoms with Crippen molar-refractivity contribution >= 4 is 29.0 Å². The first-order valence-corrected chi connectivity index (χ1v) is 7.67. The number of benzene rings is 1. The van der Waals surface area contributed by atoms with Crippen molar-refractivity contribution in [2.75, 3.05) is 23.3 Å². The second-order valence-corrected chi connectivity index (χ2v) is 5.76. The number of halogens is 1. The Hall–Kier alpha value is -2.14. The summed E-state index contributed by atoms with van der Waals surface area (Å²) in [5.41, 5.74) is 0.744. The summed E-state index contributed by atoms with van der Waals surface area (Å²) in [4.78, 5) is 22.9. The standard InChI is InChI=1S/C16H17ClN4O/c17-13-2-1-3-14(10-13)20-16(22)12-4-8-21(9-5-12)15-11-18-6-7-19-15/h1-3,6-7,10-12H,4-5,8-9H2,(H,20,22). The minimum atomic E-state index is 0.0203. The molecule has 2 heterocycles. The summed E-state index contributed by atoms with van der Waals surface area (Å²) in [6, 6.07) is 7.22. The lowest BCUT2D eigenvalue weighted by Gasteiger charge is -2.31. The van der Waals surface area contributed by atoms with Crippen molar-refractivity contribution in [2.24, 2.45) is 5.92 Å². The molecule has 0 atom stereocenters. The van der Waals surface area contributed by atoms with Crippen molar-refractivity contribution in [2.45, 2.75) is 12.8 Å². The maximum Gasteiger partial charge on any atom is 0.227 e. The van der Waals surface area contributed by atoms with E-state index in [2.05, 4.69) is 20.2 Å². The number of carbonyl (C=O) groups is 1. The smallest absolute Gasteiger partial charge is 0.227 e. The number of nitrogens with zero attached hydrogens (tertiary/aromatic N) is 3. The van der Waals surface area contributed by atoms with Gasteiger partial charge in [0.25, 0.3) is 0 Å². The summed E-state index contributed by atoms with van der Waals surface area (Å²) >= 11 is 5.93. The van der Waals surface area contributed by atoms with Crippen LogP contribution in [0.5, 0.6) is 0 Å². The topological polar surface area (TPSA) is 58.1 Å². The van der Waals surface area contributed by atoms with Gasteiger partial charge in [-0.25, -0.2) is 4.98 Å². The molecule has 1 fully saturated rings. The monoisotopic (exact) mass is 316 g/mol. The van der Waals surface area contributed by atoms with Gasteiger partial charge in [0.1, 0.15) is 5.82 Å². The Balaban J connectivity index is 1.56. The highest BCUT2D eigenvalue weighted by atomic mass is 35.5. The Bertz CT molecular complexity index is 642. The zero-order valence-electron chi connectivity index (χ0n) is 12.1. The van der Waals surface area contributed by atoms with Crippen LogP contribution in [0.3, 0.4) is 0 Å². The molecule has 1 N–H and O–H groups in total. The summed E-state index contributed by atoms with van der Waals surface area (Å²) in [6.45, 7) is 1.62. The minimum absolute atomic E-state index is 0.0203. The molecule has 0 saturated carbocycles. The van der Waals surface area contributed by atoms with Crippen LogP contribution in [0.1, 0.15) is 12.8 Å². The Kier molecular flexibility index (Phi) is 4.53. The molecule has 2 aromatic rings. The van der Waals surface area contributed by atoms with E-state index in [0.717, 1.165) is 37.4 Å². The number of amides is 1. The van der Waals surface area contributed by atoms with E-state index in [1.807, 2.05) is 12.1 Å². The molecule has 0 bridgehead atoms. The zero-order chi connectivity index (χ0) is 15.4. The molecule has 5 nitrogen and oxygen atoms in total. The molecule has 22 heavy (non-hydrogen) atoms. The van der Waals surface area contributed by atoms with Crippen molar-refractivity contribution < 1.29 is 4.79 Å². The van der Waals surface area contributed by atoms with Gasteiger partial charge in [-0.2, -0.15) is 0 Å². The molecule has 0 radical (unpaired) electrons. The minimum Gasteiger partial charge on any atom is -0.355 e. The maximum absolute atomic E-state index is 12.3. The van der Waals surface area contributed by atoms with Gasteiger partial charge < -0.3 is 10.2 Å². The summed E-state index contributed by atoms with van der Waals surface area (Å²) in [5.74, 6) is 0.948. The van der Waals surface area contributed by atoms with Crippen LogP contribution < -0.4 is 10.2 Å². The van der Waals surface area contributed by atoms with Gasteiger partial charge in [0.2, 0.25) is 5.91 Å². The maximum atomic E-state index is 12.3. The Morgan fingerprint density at radius 3 is 2.77 bits per heavy atom. The number of hydrogen-bond acceptors (Lipinski definition) is 4. The first kappa shape index (κ1) is 14.8. The van der Waals surface area contributed by atoms with Gasteiger partial charge in [-0.3, -0.25) is 9.78 Å². The van der Waals surface area contributed by atoms with Gasteiger partial charge in [0, 0.05) is 42.1 Å². The third kappa shape index (κ3) is 3.54. The van der Waals surface area contributed by atoms with Gasteiger partial charge in [0.05, 0.1) is 6.20 Å². The van der Waals surface area contributed by atoms with Crippen molar-refractivity contribution in [1.29, 1.82) is 0 Å². The number of aromatic nitrogens is 2. The van der Waals surface area contributed by atoms with Crippen molar-refractivity contribution in [3.63, 3.8) is 0 Å². The number of hydrogen-bond donors (Lipinski definition) is 1. The van der Waals surface area contributed by atoms with Crippen LogP contribution in [0.25, 0.3) is 0 Å². The average Bonchev–Trinajstić information content (AvgIpc) is 2.56. The van der Waals surface area contributed by atoms with E-state index >= 15 is 0 Å². The summed E-state index contributed by atoms with van der Waals surface area (Å²) in [5, 5.41) is 3.56. The molecule has 0 unspecified atom stereocenters. The van der Waals surface area contributed by atoms with Crippen LogP contribution in [0, 0.1) is 5.92 Å². The van der Waals surface area contributed by atoms with Crippen molar-refractivity contribution in [3.05, 3.63) is 47.9 Å². The van der Waals surface area contributed by atoms with E-state index in [0.29, 0.717) is 5.02 Å². The molecule has 0 spiro atoms. The van der Waals surface area contributed by atoms with E-state index in [-0.39, 0.29) is 11.8 Å². The Morgan fingerprint density at radius 2 is 2.09 bits per heavy atom. The molecular weight excluding hydrogens is 300 g/mol. The first-order chi connectivity index (χ1) is 10.7. The number of nitrogens with one attached hydrogen (secondary N) is 1. The lowest BCUT2D eigenvalue weighted by atomic mass is 9.96. The normalized spacial score (nSPS) is 15.6. The number of piperidine rings is 1. The second kappa shape index (κ2) is 6.75. The fourth-order valence-electron chi connectivity index (χ4n) is 2.64. The molecule has 1 aliphatic rings. The van der Waals surface area contributed by atoms with Crippen LogP contribution in [-0.4, -0.2) is 29.0 Å². The fraction of sp³-hybridized carbons (Fsp3) is 0.312. The molecule has 1 aliphatic heterocycles. The van der Waals surface area contributed by atoms with E-state index < -0.39 is 0 Å². The third-order valence-electron chi connectivity index (χ3n) is 3.83. The number of anilines is 2. The van der Waals surface area contributed by atoms with E-state index in [9.17, 15) is 4.79 Å². The van der Waals surface area contributed by atoms with Crippen LogP contribution >= 0.6 is 11.6 Å². The number of carbonyl (C=O) groups excluding carboxylic acids is 1. The highest BCUT2D eigenvalue weighted by Crippen LogP contribution is 2.23. The summed E-state index contributed by atoms with van der Waals surface area (Å²) in [7, 11) is 0. The van der Waals surface area contributed by atoms with E-state index in [4.69, 9.17) is 11.6 Å². The predicted molar refractivity (Wildman–Crippen MR) is 87.1 cm³/mol. The molecule has 3 rings (SSSR count). The number of rotatable bonds is 3. The lowest BCUT2D eigenvalue weighted by molar-refractivity contribution is -0.120. The quantitative estimate of drug-likeness (QED) is 0.945. The Morgan fingerprint density at radius 1 is 1.27 bits per heavy atom. The molecule has 0 aliphatic carbocycles. The van der Waals surface area contributed by atoms with Gasteiger partial charge >= 0.3 is 0 Å². The summed E-state index contributed by atoms with van der Waals surface area (Å²) < 4.78 is 0. The fourth-order valence-corrected chi connectivity index (χ4v) is 2.83. The average molecular weight is 317 g/mol. The zero-order valence-corrected chi connectivity index (χ0v) is 12.8. The van der Waals surface area contributed by atoms with Crippen LogP contribution in [0.2, 0.25) is 5.02 Å². The lowest BCUT2D eigenvalue weighted by Crippen LogP contribution is -2.38. The second-order valence-electron chi connectivity index (χ2n) is 5.32. The molecular formula is C16H17ClN4O. The van der Waals surface area contributed by atoms with Crippen LogP contribution in [0.15, 0.2) is 42.9 Å². The highest BCUT2D eigenvalue weighted by molar-refractivity contribution is 6.30. The summed E-state index contributed by atoms with van der Waals surface area (Å²) in [6.07, 6.45) is 6.72. The van der Waals surface area contributed by atoms with Crippen molar-refractivity contribution in [3.8, 4) is 0 Å². The van der Waals surface area contributed by atoms with Crippen LogP contribution in [0.4, 0.5) is 11.5 Å². The third-order valence-corrected chi connectivity index (χ3v) is 4.07. The van der Waals surface area contributed by atoms with E-state index in [1.165, 1.54) is 0 Å². The van der Waals surface area contributed by atoms with Gasteiger partial charge in [-0.05, 0) is 31.0 Å². The van der Waals surface area contributed by atoms with Gasteiger partial charge in [-0.1, -0.05) is 17.7 Å². The highest BCUT2D eigenvalue weighted by Gasteiger charge is 2.25. The van der Waals surface area contributed by atoms with Crippen LogP contribution in [-0.2, 0) is 4.79 Å². The largest absolute Gasteiger partial charge is 0.355 e. The SMILES string of the molecule is O=C(Nc1cccc(Cl)c1)C1CCN(c2cnccn2)CC1.